The number of nitrogens with two attached hydrogens (primary N) is 1. The Balaban J connectivity index is 1.29. The van der Waals surface area contributed by atoms with Gasteiger partial charge in [0.15, 0.2) is 12.3 Å². The maximum absolute atomic E-state index is 12.8. The van der Waals surface area contributed by atoms with E-state index in [1.807, 2.05) is 11.1 Å². The molecule has 0 saturated carbocycles. The number of ether oxygens (including phenoxy) is 1. The van der Waals surface area contributed by atoms with Gasteiger partial charge in [0.25, 0.3) is 5.91 Å². The second kappa shape index (κ2) is 6.39. The SMILES string of the molecule is Nc1ncc2c(n1)C1(CCCN(C(=O)COc3ccc4nncn4n3)C1)CC2. The van der Waals surface area contributed by atoms with E-state index in [1.54, 1.807) is 12.1 Å². The van der Waals surface area contributed by atoms with Crippen LogP contribution in [0.1, 0.15) is 30.5 Å². The van der Waals surface area contributed by atoms with Crippen LogP contribution >= 0.6 is 0 Å². The summed E-state index contributed by atoms with van der Waals surface area (Å²) in [6.45, 7) is 1.30. The normalized spacial score (nSPS) is 21.2. The number of hydrogen-bond donors (Lipinski definition) is 1. The zero-order valence-corrected chi connectivity index (χ0v) is 15.3. The van der Waals surface area contributed by atoms with Gasteiger partial charge in [0.05, 0.1) is 5.69 Å². The molecule has 0 bridgehead atoms. The Morgan fingerprint density at radius 1 is 1.32 bits per heavy atom. The van der Waals surface area contributed by atoms with Crippen molar-refractivity contribution < 1.29 is 9.53 Å². The van der Waals surface area contributed by atoms with Crippen LogP contribution in [0.15, 0.2) is 24.7 Å². The predicted octanol–water partition coefficient (Wildman–Crippen LogP) is 0.382. The Bertz CT molecular complexity index is 1050. The highest BCUT2D eigenvalue weighted by Gasteiger charge is 2.44. The van der Waals surface area contributed by atoms with Gasteiger partial charge in [-0.05, 0) is 37.3 Å². The molecule has 3 aromatic rings. The molecule has 1 aliphatic carbocycles. The van der Waals surface area contributed by atoms with Crippen LogP contribution in [0.2, 0.25) is 0 Å². The Kier molecular flexibility index (Phi) is 3.85. The predicted molar refractivity (Wildman–Crippen MR) is 98.5 cm³/mol. The first-order chi connectivity index (χ1) is 13.6. The summed E-state index contributed by atoms with van der Waals surface area (Å²) in [5.74, 6) is 0.599. The molecule has 28 heavy (non-hydrogen) atoms. The largest absolute Gasteiger partial charge is 0.467 e. The lowest BCUT2D eigenvalue weighted by atomic mass is 9.77. The van der Waals surface area contributed by atoms with Gasteiger partial charge in [-0.25, -0.2) is 9.97 Å². The number of fused-ring (bicyclic) bond motifs is 3. The van der Waals surface area contributed by atoms with Gasteiger partial charge in [-0.3, -0.25) is 4.79 Å². The van der Waals surface area contributed by atoms with Gasteiger partial charge < -0.3 is 15.4 Å². The van der Waals surface area contributed by atoms with Crippen molar-refractivity contribution in [2.75, 3.05) is 25.4 Å². The standard InChI is InChI=1S/C18H20N8O2/c19-17-20-8-12-4-6-18(16(12)22-17)5-1-7-25(10-18)15(27)9-28-14-3-2-13-23-21-11-26(13)24-14/h2-3,8,11H,1,4-7,9-10H2,(H2,19,20,22). The van der Waals surface area contributed by atoms with Crippen molar-refractivity contribution in [3.05, 3.63) is 35.9 Å². The molecule has 4 heterocycles. The van der Waals surface area contributed by atoms with E-state index in [0.29, 0.717) is 24.0 Å². The van der Waals surface area contributed by atoms with Crippen molar-refractivity contribution in [2.24, 2.45) is 0 Å². The quantitative estimate of drug-likeness (QED) is 0.691. The number of piperidine rings is 1. The van der Waals surface area contributed by atoms with Crippen molar-refractivity contribution >= 4 is 17.5 Å². The number of nitrogen functional groups attached to an aromatic ring is 1. The second-order valence-corrected chi connectivity index (χ2v) is 7.40. The number of anilines is 1. The van der Waals surface area contributed by atoms with Crippen LogP contribution in [0, 0.1) is 0 Å². The number of aryl methyl sites for hydroxylation is 1. The number of nitrogens with zero attached hydrogens (tertiary/aromatic N) is 7. The van der Waals surface area contributed by atoms with Crippen LogP contribution in [0.4, 0.5) is 5.95 Å². The topological polar surface area (TPSA) is 124 Å². The number of rotatable bonds is 3. The minimum absolute atomic E-state index is 0.0554. The fourth-order valence-corrected chi connectivity index (χ4v) is 4.31. The molecule has 0 radical (unpaired) electrons. The first kappa shape index (κ1) is 16.8. The Morgan fingerprint density at radius 3 is 3.18 bits per heavy atom. The van der Waals surface area contributed by atoms with Crippen molar-refractivity contribution in [3.63, 3.8) is 0 Å². The highest BCUT2D eigenvalue weighted by atomic mass is 16.5. The summed E-state index contributed by atoms with van der Waals surface area (Å²) in [6.07, 6.45) is 7.15. The van der Waals surface area contributed by atoms with E-state index < -0.39 is 0 Å². The molecular weight excluding hydrogens is 360 g/mol. The van der Waals surface area contributed by atoms with E-state index in [9.17, 15) is 4.79 Å². The fourth-order valence-electron chi connectivity index (χ4n) is 4.31. The zero-order valence-electron chi connectivity index (χ0n) is 15.3. The molecule has 3 aromatic heterocycles. The molecule has 1 atom stereocenters. The van der Waals surface area contributed by atoms with E-state index in [2.05, 4.69) is 25.3 Å². The summed E-state index contributed by atoms with van der Waals surface area (Å²) in [5.41, 5.74) is 8.47. The molecule has 144 valence electrons. The summed E-state index contributed by atoms with van der Waals surface area (Å²) in [4.78, 5) is 23.3. The van der Waals surface area contributed by atoms with Crippen LogP contribution in [-0.4, -0.2) is 60.3 Å². The molecule has 1 aliphatic heterocycles. The molecule has 2 N–H and O–H groups in total. The van der Waals surface area contributed by atoms with Gasteiger partial charge >= 0.3 is 0 Å². The molecule has 1 unspecified atom stereocenters. The fraction of sp³-hybridized carbons (Fsp3) is 0.444. The van der Waals surface area contributed by atoms with Gasteiger partial charge in [0.2, 0.25) is 11.8 Å². The van der Waals surface area contributed by atoms with E-state index in [0.717, 1.165) is 43.5 Å². The molecular formula is C18H20N8O2. The number of carbonyl (C=O) groups is 1. The Labute approximate surface area is 160 Å². The van der Waals surface area contributed by atoms with Crippen LogP contribution in [-0.2, 0) is 16.6 Å². The second-order valence-electron chi connectivity index (χ2n) is 7.40. The third-order valence-electron chi connectivity index (χ3n) is 5.67. The van der Waals surface area contributed by atoms with Crippen molar-refractivity contribution in [2.45, 2.75) is 31.1 Å². The molecule has 1 amide bonds. The summed E-state index contributed by atoms with van der Waals surface area (Å²) in [5, 5.41) is 11.9. The van der Waals surface area contributed by atoms with Crippen LogP contribution < -0.4 is 10.5 Å². The number of carbonyl (C=O) groups excluding carboxylic acids is 1. The van der Waals surface area contributed by atoms with Gasteiger partial charge in [-0.2, -0.15) is 4.52 Å². The average Bonchev–Trinajstić information content (AvgIpc) is 3.31. The molecule has 5 rings (SSSR count). The smallest absolute Gasteiger partial charge is 0.260 e. The molecule has 2 aliphatic rings. The average molecular weight is 380 g/mol. The lowest BCUT2D eigenvalue weighted by Gasteiger charge is -2.40. The van der Waals surface area contributed by atoms with Gasteiger partial charge in [0.1, 0.15) is 6.33 Å². The van der Waals surface area contributed by atoms with Crippen molar-refractivity contribution in [1.29, 1.82) is 0 Å². The lowest BCUT2D eigenvalue weighted by molar-refractivity contribution is -0.135. The zero-order chi connectivity index (χ0) is 19.1. The molecule has 1 fully saturated rings. The number of amides is 1. The minimum atomic E-state index is -0.125. The van der Waals surface area contributed by atoms with Crippen LogP contribution in [0.3, 0.4) is 0 Å². The minimum Gasteiger partial charge on any atom is -0.467 e. The third kappa shape index (κ3) is 2.81. The summed E-state index contributed by atoms with van der Waals surface area (Å²) in [7, 11) is 0. The highest BCUT2D eigenvalue weighted by Crippen LogP contribution is 2.43. The lowest BCUT2D eigenvalue weighted by Crippen LogP contribution is -2.49. The monoisotopic (exact) mass is 380 g/mol. The first-order valence-corrected chi connectivity index (χ1v) is 9.33. The van der Waals surface area contributed by atoms with E-state index >= 15 is 0 Å². The summed E-state index contributed by atoms with van der Waals surface area (Å²) >= 11 is 0. The van der Waals surface area contributed by atoms with Gasteiger partial charge in [-0.1, -0.05) is 0 Å². The van der Waals surface area contributed by atoms with E-state index in [1.165, 1.54) is 10.8 Å². The Hall–Kier alpha value is -3.30. The van der Waals surface area contributed by atoms with Crippen molar-refractivity contribution in [1.82, 2.24) is 34.7 Å². The molecule has 10 heteroatoms. The van der Waals surface area contributed by atoms with Crippen LogP contribution in [0.5, 0.6) is 5.88 Å². The maximum atomic E-state index is 12.8. The molecule has 0 aromatic carbocycles. The molecule has 1 saturated heterocycles. The Morgan fingerprint density at radius 2 is 2.25 bits per heavy atom. The van der Waals surface area contributed by atoms with E-state index in [4.69, 9.17) is 10.5 Å². The summed E-state index contributed by atoms with van der Waals surface area (Å²) < 4.78 is 7.12. The first-order valence-electron chi connectivity index (χ1n) is 9.33. The van der Waals surface area contributed by atoms with Gasteiger partial charge in [-0.15, -0.1) is 15.3 Å². The number of hydrogen-bond acceptors (Lipinski definition) is 8. The number of aromatic nitrogens is 6. The highest BCUT2D eigenvalue weighted by molar-refractivity contribution is 5.78. The van der Waals surface area contributed by atoms with Crippen LogP contribution in [0.25, 0.3) is 5.65 Å². The maximum Gasteiger partial charge on any atom is 0.260 e. The molecule has 10 nitrogen and oxygen atoms in total. The summed E-state index contributed by atoms with van der Waals surface area (Å²) in [6, 6.07) is 3.43. The van der Waals surface area contributed by atoms with Gasteiger partial charge in [0, 0.05) is 30.8 Å². The number of likely N-dealkylation sites (tertiary alicyclic amines) is 1. The van der Waals surface area contributed by atoms with Crippen molar-refractivity contribution in [3.8, 4) is 5.88 Å². The third-order valence-corrected chi connectivity index (χ3v) is 5.67. The van der Waals surface area contributed by atoms with E-state index in [-0.39, 0.29) is 17.9 Å². The molecule has 1 spiro atoms.